The molecule has 1 rings (SSSR count). The van der Waals surface area contributed by atoms with Crippen LogP contribution in [0.5, 0.6) is 0 Å². The molecule has 9 heteroatoms. The molecule has 0 aliphatic heterocycles. The first kappa shape index (κ1) is 19.9. The number of hydrogen-bond donors (Lipinski definition) is 2. The van der Waals surface area contributed by atoms with E-state index in [2.05, 4.69) is 29.4 Å². The Balaban J connectivity index is 2.51. The summed E-state index contributed by atoms with van der Waals surface area (Å²) in [6.07, 6.45) is 0.721. The van der Waals surface area contributed by atoms with Crippen molar-refractivity contribution in [3.63, 3.8) is 0 Å². The zero-order valence-corrected chi connectivity index (χ0v) is 14.4. The highest BCUT2D eigenvalue weighted by Crippen LogP contribution is 2.26. The summed E-state index contributed by atoms with van der Waals surface area (Å²) in [5.74, 6) is -1.72. The van der Waals surface area contributed by atoms with Crippen LogP contribution in [-0.2, 0) is 9.59 Å². The molecule has 2 N–H and O–H groups in total. The van der Waals surface area contributed by atoms with Gasteiger partial charge in [0.15, 0.2) is 0 Å². The number of hydrogen-bond acceptors (Lipinski definition) is 5. The maximum absolute atomic E-state index is 11.8. The Hall–Kier alpha value is -2.19. The van der Waals surface area contributed by atoms with E-state index in [1.165, 1.54) is 12.1 Å². The third kappa shape index (κ3) is 6.13. The summed E-state index contributed by atoms with van der Waals surface area (Å²) in [4.78, 5) is 35.9. The van der Waals surface area contributed by atoms with Gasteiger partial charge >= 0.3 is 11.8 Å². The van der Waals surface area contributed by atoms with Crippen LogP contribution in [0.4, 0.5) is 11.4 Å². The summed E-state index contributed by atoms with van der Waals surface area (Å²) < 4.78 is 0. The first-order chi connectivity index (χ1) is 11.4. The minimum absolute atomic E-state index is 0.0224. The van der Waals surface area contributed by atoms with Crippen LogP contribution < -0.4 is 10.6 Å². The molecule has 0 atom stereocenters. The Morgan fingerprint density at radius 2 is 1.92 bits per heavy atom. The van der Waals surface area contributed by atoms with Gasteiger partial charge < -0.3 is 15.5 Å². The summed E-state index contributed by atoms with van der Waals surface area (Å²) in [6.45, 7) is 7.15. The van der Waals surface area contributed by atoms with Crippen molar-refractivity contribution in [3.05, 3.63) is 33.3 Å². The number of nitrogens with zero attached hydrogens (tertiary/aromatic N) is 2. The third-order valence-corrected chi connectivity index (χ3v) is 3.78. The fourth-order valence-electron chi connectivity index (χ4n) is 2.03. The number of halogens is 1. The summed E-state index contributed by atoms with van der Waals surface area (Å²) >= 11 is 5.87. The fraction of sp³-hybridized carbons (Fsp3) is 0.467. The van der Waals surface area contributed by atoms with Crippen LogP contribution in [-0.4, -0.2) is 47.8 Å². The summed E-state index contributed by atoms with van der Waals surface area (Å²) in [6, 6.07) is 3.61. The van der Waals surface area contributed by atoms with Crippen LogP contribution in [0.2, 0.25) is 5.02 Å². The van der Waals surface area contributed by atoms with Crippen LogP contribution in [0.3, 0.4) is 0 Å². The fourth-order valence-corrected chi connectivity index (χ4v) is 2.19. The van der Waals surface area contributed by atoms with Gasteiger partial charge in [-0.15, -0.1) is 0 Å². The number of benzene rings is 1. The first-order valence-electron chi connectivity index (χ1n) is 7.64. The van der Waals surface area contributed by atoms with Crippen molar-refractivity contribution in [1.29, 1.82) is 0 Å². The van der Waals surface area contributed by atoms with Gasteiger partial charge in [0.05, 0.1) is 15.6 Å². The van der Waals surface area contributed by atoms with Crippen molar-refractivity contribution in [2.75, 3.05) is 31.5 Å². The van der Waals surface area contributed by atoms with E-state index in [4.69, 9.17) is 11.6 Å². The third-order valence-electron chi connectivity index (χ3n) is 3.45. The second-order valence-electron chi connectivity index (χ2n) is 5.01. The van der Waals surface area contributed by atoms with Gasteiger partial charge in [-0.25, -0.2) is 0 Å². The van der Waals surface area contributed by atoms with Gasteiger partial charge in [-0.05, 0) is 32.1 Å². The Morgan fingerprint density at radius 1 is 1.25 bits per heavy atom. The molecule has 1 aromatic rings. The molecule has 0 spiro atoms. The van der Waals surface area contributed by atoms with E-state index in [1.807, 2.05) is 0 Å². The quantitative estimate of drug-likeness (QED) is 0.321. The zero-order valence-electron chi connectivity index (χ0n) is 13.7. The lowest BCUT2D eigenvalue weighted by Crippen LogP contribution is -2.37. The van der Waals surface area contributed by atoms with E-state index >= 15 is 0 Å². The van der Waals surface area contributed by atoms with Gasteiger partial charge in [0, 0.05) is 18.7 Å². The average Bonchev–Trinajstić information content (AvgIpc) is 2.56. The second-order valence-corrected chi connectivity index (χ2v) is 5.42. The number of carbonyl (C=O) groups is 2. The summed E-state index contributed by atoms with van der Waals surface area (Å²) in [5, 5.41) is 15.6. The molecule has 0 aliphatic carbocycles. The topological polar surface area (TPSA) is 105 Å². The number of amides is 2. The number of nitro benzene ring substituents is 1. The Bertz CT molecular complexity index is 605. The highest BCUT2D eigenvalue weighted by Gasteiger charge is 2.17. The largest absolute Gasteiger partial charge is 0.348 e. The Labute approximate surface area is 145 Å². The van der Waals surface area contributed by atoms with Gasteiger partial charge in [-0.3, -0.25) is 19.7 Å². The molecular formula is C15H21ClN4O4. The number of anilines is 1. The molecule has 24 heavy (non-hydrogen) atoms. The molecule has 132 valence electrons. The SMILES string of the molecule is CCN(CC)CCCNC(=O)C(=O)Nc1cc([N+](=O)[O-])ccc1Cl. The van der Waals surface area contributed by atoms with E-state index in [0.29, 0.717) is 6.54 Å². The van der Waals surface area contributed by atoms with Crippen LogP contribution >= 0.6 is 11.6 Å². The van der Waals surface area contributed by atoms with Gasteiger partial charge in [-0.2, -0.15) is 0 Å². The molecule has 0 aromatic heterocycles. The van der Waals surface area contributed by atoms with Crippen molar-refractivity contribution in [1.82, 2.24) is 10.2 Å². The van der Waals surface area contributed by atoms with E-state index in [-0.39, 0.29) is 16.4 Å². The predicted octanol–water partition coefficient (Wildman–Crippen LogP) is 2.03. The van der Waals surface area contributed by atoms with E-state index in [0.717, 1.165) is 32.1 Å². The number of nitrogens with one attached hydrogen (secondary N) is 2. The minimum atomic E-state index is -0.916. The zero-order chi connectivity index (χ0) is 18.1. The highest BCUT2D eigenvalue weighted by atomic mass is 35.5. The minimum Gasteiger partial charge on any atom is -0.348 e. The van der Waals surface area contributed by atoms with E-state index < -0.39 is 16.7 Å². The molecule has 0 saturated carbocycles. The normalized spacial score (nSPS) is 10.5. The van der Waals surface area contributed by atoms with Gasteiger partial charge in [0.2, 0.25) is 0 Å². The van der Waals surface area contributed by atoms with Gasteiger partial charge in [0.1, 0.15) is 0 Å². The molecule has 0 saturated heterocycles. The first-order valence-corrected chi connectivity index (χ1v) is 8.02. The van der Waals surface area contributed by atoms with E-state index in [9.17, 15) is 19.7 Å². The molecule has 0 unspecified atom stereocenters. The van der Waals surface area contributed by atoms with Crippen LogP contribution in [0.1, 0.15) is 20.3 Å². The van der Waals surface area contributed by atoms with Gasteiger partial charge in [-0.1, -0.05) is 25.4 Å². The number of nitro groups is 1. The molecule has 0 heterocycles. The van der Waals surface area contributed by atoms with Crippen molar-refractivity contribution in [2.45, 2.75) is 20.3 Å². The summed E-state index contributed by atoms with van der Waals surface area (Å²) in [7, 11) is 0. The maximum atomic E-state index is 11.8. The average molecular weight is 357 g/mol. The van der Waals surface area contributed by atoms with Crippen molar-refractivity contribution in [2.24, 2.45) is 0 Å². The number of rotatable bonds is 8. The molecule has 1 aromatic carbocycles. The molecule has 0 radical (unpaired) electrons. The molecule has 0 aliphatic rings. The lowest BCUT2D eigenvalue weighted by molar-refractivity contribution is -0.384. The molecule has 0 bridgehead atoms. The second kappa shape index (κ2) is 9.84. The molecule has 2 amide bonds. The molecule has 0 fully saturated rings. The lowest BCUT2D eigenvalue weighted by atomic mass is 10.2. The Kier molecular flexibility index (Phi) is 8.14. The lowest BCUT2D eigenvalue weighted by Gasteiger charge is -2.17. The summed E-state index contributed by atoms with van der Waals surface area (Å²) in [5.41, 5.74) is -0.205. The van der Waals surface area contributed by atoms with Crippen LogP contribution in [0, 0.1) is 10.1 Å². The van der Waals surface area contributed by atoms with Crippen molar-refractivity contribution < 1.29 is 14.5 Å². The standard InChI is InChI=1S/C15H21ClN4O4/c1-3-19(4-2)9-5-8-17-14(21)15(22)18-13-10-11(20(23)24)6-7-12(13)16/h6-7,10H,3-5,8-9H2,1-2H3,(H,17,21)(H,18,22). The van der Waals surface area contributed by atoms with Crippen LogP contribution in [0.15, 0.2) is 18.2 Å². The monoisotopic (exact) mass is 356 g/mol. The highest BCUT2D eigenvalue weighted by molar-refractivity contribution is 6.41. The van der Waals surface area contributed by atoms with E-state index in [1.54, 1.807) is 0 Å². The smallest absolute Gasteiger partial charge is 0.313 e. The van der Waals surface area contributed by atoms with Crippen molar-refractivity contribution in [3.8, 4) is 0 Å². The Morgan fingerprint density at radius 3 is 2.50 bits per heavy atom. The number of carbonyl (C=O) groups excluding carboxylic acids is 2. The van der Waals surface area contributed by atoms with Crippen molar-refractivity contribution >= 4 is 34.8 Å². The maximum Gasteiger partial charge on any atom is 0.313 e. The molecular weight excluding hydrogens is 336 g/mol. The van der Waals surface area contributed by atoms with Crippen LogP contribution in [0.25, 0.3) is 0 Å². The van der Waals surface area contributed by atoms with Gasteiger partial charge in [0.25, 0.3) is 5.69 Å². The molecule has 8 nitrogen and oxygen atoms in total. The predicted molar refractivity (Wildman–Crippen MR) is 92.2 cm³/mol. The number of non-ortho nitro benzene ring substituents is 1.